The molecular formula is C10H12CrO2. The maximum absolute atomic E-state index is 10.7. The van der Waals surface area contributed by atoms with Crippen molar-refractivity contribution in [3.05, 3.63) is 47.3 Å². The topological polar surface area (TPSA) is 34.1 Å². The second kappa shape index (κ2) is 6.36. The van der Waals surface area contributed by atoms with Crippen molar-refractivity contribution < 1.29 is 22.7 Å². The second-order valence-electron chi connectivity index (χ2n) is 2.14. The third-order valence-electron chi connectivity index (χ3n) is 1.23. The molecule has 0 amide bonds. The van der Waals surface area contributed by atoms with Gasteiger partial charge < -0.3 is 0 Å². The summed E-state index contributed by atoms with van der Waals surface area (Å²) < 4.78 is 0. The van der Waals surface area contributed by atoms with Crippen LogP contribution in [0.2, 0.25) is 0 Å². The molecule has 0 aliphatic heterocycles. The SMILES string of the molecule is C=CC=[CH][Cr]([CH]=O)([CH]=O)[CH]=CC=C. The Labute approximate surface area is 80.6 Å². The zero-order valence-electron chi connectivity index (χ0n) is 7.26. The summed E-state index contributed by atoms with van der Waals surface area (Å²) in [6.07, 6.45) is 6.33. The van der Waals surface area contributed by atoms with Crippen molar-refractivity contribution in [2.45, 2.75) is 0 Å². The van der Waals surface area contributed by atoms with Crippen LogP contribution in [0, 0.1) is 0 Å². The molecule has 0 fully saturated rings. The predicted molar refractivity (Wildman–Crippen MR) is 52.2 cm³/mol. The van der Waals surface area contributed by atoms with Gasteiger partial charge in [0.05, 0.1) is 0 Å². The van der Waals surface area contributed by atoms with Gasteiger partial charge in [0.25, 0.3) is 0 Å². The van der Waals surface area contributed by atoms with Crippen molar-refractivity contribution in [3.63, 3.8) is 0 Å². The summed E-state index contributed by atoms with van der Waals surface area (Å²) in [7, 11) is 0. The Hall–Kier alpha value is -1.17. The quantitative estimate of drug-likeness (QED) is 0.502. The number of carbonyl (C=O) groups excluding carboxylic acids is 2. The summed E-state index contributed by atoms with van der Waals surface area (Å²) in [5.74, 6) is 0. The average Bonchev–Trinajstić information content (AvgIpc) is 2.20. The fourth-order valence-electron chi connectivity index (χ4n) is 0.580. The predicted octanol–water partition coefficient (Wildman–Crippen LogP) is 1.92. The Morgan fingerprint density at radius 2 is 1.23 bits per heavy atom. The fraction of sp³-hybridized carbons (Fsp3) is 0. The summed E-state index contributed by atoms with van der Waals surface area (Å²) in [5, 5.41) is 1.45. The molecule has 0 unspecified atom stereocenters. The molecule has 0 spiro atoms. The molecule has 0 aliphatic carbocycles. The second-order valence-corrected chi connectivity index (χ2v) is 6.14. The summed E-state index contributed by atoms with van der Waals surface area (Å²) >= 11 is -2.83. The van der Waals surface area contributed by atoms with Crippen LogP contribution in [0.5, 0.6) is 0 Å². The first kappa shape index (κ1) is 11.8. The number of hydrogen-bond acceptors (Lipinski definition) is 2. The molecular weight excluding hydrogens is 204 g/mol. The van der Waals surface area contributed by atoms with Gasteiger partial charge in [-0.25, -0.2) is 0 Å². The van der Waals surface area contributed by atoms with Gasteiger partial charge in [0, 0.05) is 0 Å². The molecule has 0 saturated heterocycles. The van der Waals surface area contributed by atoms with Gasteiger partial charge in [0.15, 0.2) is 0 Å². The molecule has 0 rings (SSSR count). The van der Waals surface area contributed by atoms with E-state index in [4.69, 9.17) is 0 Å². The summed E-state index contributed by atoms with van der Waals surface area (Å²) in [4.78, 5) is 24.7. The molecule has 0 aromatic heterocycles. The van der Waals surface area contributed by atoms with Crippen LogP contribution in [0.1, 0.15) is 0 Å². The molecule has 0 bridgehead atoms. The van der Waals surface area contributed by atoms with Crippen molar-refractivity contribution in [1.82, 2.24) is 0 Å². The first-order valence-electron chi connectivity index (χ1n) is 3.56. The zero-order valence-corrected chi connectivity index (χ0v) is 8.53. The van der Waals surface area contributed by atoms with E-state index in [1.807, 2.05) is 0 Å². The van der Waals surface area contributed by atoms with Crippen molar-refractivity contribution in [2.24, 2.45) is 0 Å². The van der Waals surface area contributed by atoms with E-state index in [2.05, 4.69) is 13.2 Å². The summed E-state index contributed by atoms with van der Waals surface area (Å²) in [6.45, 7) is 6.95. The van der Waals surface area contributed by atoms with Crippen LogP contribution in [-0.4, -0.2) is 10.3 Å². The number of allylic oxidation sites excluding steroid dienone is 4. The molecule has 70 valence electrons. The van der Waals surface area contributed by atoms with Crippen LogP contribution in [0.4, 0.5) is 0 Å². The minimum absolute atomic E-state index is 0.726. The van der Waals surface area contributed by atoms with E-state index >= 15 is 0 Å². The van der Waals surface area contributed by atoms with Crippen LogP contribution >= 0.6 is 0 Å². The van der Waals surface area contributed by atoms with Gasteiger partial charge in [0.2, 0.25) is 0 Å². The van der Waals surface area contributed by atoms with Gasteiger partial charge in [-0.1, -0.05) is 0 Å². The van der Waals surface area contributed by atoms with Crippen LogP contribution in [0.3, 0.4) is 0 Å². The third kappa shape index (κ3) is 3.84. The molecule has 0 aliphatic rings. The molecule has 0 aromatic carbocycles. The molecule has 0 aromatic rings. The van der Waals surface area contributed by atoms with E-state index in [0.717, 1.165) is 10.3 Å². The van der Waals surface area contributed by atoms with E-state index in [9.17, 15) is 9.59 Å². The summed E-state index contributed by atoms with van der Waals surface area (Å²) in [6, 6.07) is 0. The van der Waals surface area contributed by atoms with Gasteiger partial charge in [-0.15, -0.1) is 0 Å². The standard InChI is InChI=1S/2C4H5.2CHO.Cr/c2*1-3-4-2;2*1-2;/h2*1,3-4H,2H2;2*1H;. The maximum atomic E-state index is 10.7. The zero-order chi connectivity index (χ0) is 10.2. The van der Waals surface area contributed by atoms with Gasteiger partial charge in [0.1, 0.15) is 0 Å². The van der Waals surface area contributed by atoms with E-state index in [1.165, 1.54) is 0 Å². The van der Waals surface area contributed by atoms with E-state index in [-0.39, 0.29) is 0 Å². The van der Waals surface area contributed by atoms with E-state index in [0.29, 0.717) is 0 Å². The molecule has 0 atom stereocenters. The Kier molecular flexibility index (Phi) is 5.79. The fourth-order valence-corrected chi connectivity index (χ4v) is 2.39. The van der Waals surface area contributed by atoms with Crippen molar-refractivity contribution in [3.8, 4) is 0 Å². The Morgan fingerprint density at radius 1 is 0.846 bits per heavy atom. The number of carbonyl (C=O) groups is 2. The number of hydrogen-bond donors (Lipinski definition) is 0. The normalized spacial score (nSPS) is 12.9. The Bertz CT molecular complexity index is 236. The molecule has 0 saturated carbocycles. The first-order chi connectivity index (χ1) is 6.24. The summed E-state index contributed by atoms with van der Waals surface area (Å²) in [5.41, 5.74) is 0. The molecule has 2 nitrogen and oxygen atoms in total. The van der Waals surface area contributed by atoms with E-state index in [1.54, 1.807) is 34.2 Å². The minimum atomic E-state index is -2.83. The van der Waals surface area contributed by atoms with Crippen LogP contribution < -0.4 is 0 Å². The van der Waals surface area contributed by atoms with Crippen molar-refractivity contribution in [2.75, 3.05) is 0 Å². The Balaban J connectivity index is 4.88. The van der Waals surface area contributed by atoms with Crippen LogP contribution in [-0.2, 0) is 22.7 Å². The van der Waals surface area contributed by atoms with Crippen molar-refractivity contribution in [1.29, 1.82) is 0 Å². The van der Waals surface area contributed by atoms with Gasteiger partial charge >= 0.3 is 80.3 Å². The monoisotopic (exact) mass is 216 g/mol. The van der Waals surface area contributed by atoms with Crippen LogP contribution in [0.15, 0.2) is 47.3 Å². The van der Waals surface area contributed by atoms with Gasteiger partial charge in [-0.05, 0) is 0 Å². The van der Waals surface area contributed by atoms with Gasteiger partial charge in [-0.2, -0.15) is 0 Å². The molecule has 0 heterocycles. The van der Waals surface area contributed by atoms with E-state index < -0.39 is 13.1 Å². The van der Waals surface area contributed by atoms with Crippen LogP contribution in [0.25, 0.3) is 0 Å². The molecule has 0 radical (unpaired) electrons. The number of rotatable bonds is 6. The first-order valence-corrected chi connectivity index (χ1v) is 6.51. The Morgan fingerprint density at radius 3 is 1.46 bits per heavy atom. The third-order valence-corrected chi connectivity index (χ3v) is 4.24. The molecule has 0 N–H and O–H groups in total. The average molecular weight is 216 g/mol. The molecule has 3 heteroatoms. The molecule has 13 heavy (non-hydrogen) atoms. The van der Waals surface area contributed by atoms with Gasteiger partial charge in [-0.3, -0.25) is 0 Å². The van der Waals surface area contributed by atoms with Crippen molar-refractivity contribution >= 4 is 10.3 Å².